The highest BCUT2D eigenvalue weighted by Gasteiger charge is 2.21. The number of amides is 1. The Morgan fingerprint density at radius 3 is 2.52 bits per heavy atom. The third-order valence-electron chi connectivity index (χ3n) is 4.25. The molecule has 1 rings (SSSR count). The highest BCUT2D eigenvalue weighted by Crippen LogP contribution is 2.16. The van der Waals surface area contributed by atoms with Crippen LogP contribution in [0.25, 0.3) is 0 Å². The average Bonchev–Trinajstić information content (AvgIpc) is 2.98. The van der Waals surface area contributed by atoms with Crippen molar-refractivity contribution in [3.05, 3.63) is 71.2 Å². The first-order valence-electron chi connectivity index (χ1n) is 9.71. The van der Waals surface area contributed by atoms with Gasteiger partial charge in [0, 0.05) is 21.8 Å². The van der Waals surface area contributed by atoms with Gasteiger partial charge in [0.05, 0.1) is 18.6 Å². The van der Waals surface area contributed by atoms with Crippen LogP contribution in [0, 0.1) is 0 Å². The number of carbonyl (C=O) groups excluding carboxylic acids is 1. The lowest BCUT2D eigenvalue weighted by atomic mass is 10.1. The van der Waals surface area contributed by atoms with Crippen molar-refractivity contribution < 1.29 is 15.7 Å². The number of hydrogen-bond donors (Lipinski definition) is 1. The van der Waals surface area contributed by atoms with Crippen molar-refractivity contribution in [3.8, 4) is 0 Å². The van der Waals surface area contributed by atoms with Gasteiger partial charge in [-0.1, -0.05) is 55.5 Å². The quantitative estimate of drug-likeness (QED) is 0.340. The number of methoxy groups -OCH3 is 2. The van der Waals surface area contributed by atoms with Crippen molar-refractivity contribution in [2.24, 2.45) is 4.99 Å². The Morgan fingerprint density at radius 1 is 1.38 bits per heavy atom. The fraction of sp³-hybridized carbons (Fsp3) is 0.417. The first-order chi connectivity index (χ1) is 13.9. The first kappa shape index (κ1) is 26.3. The van der Waals surface area contributed by atoms with Crippen LogP contribution >= 0.6 is 0 Å². The van der Waals surface area contributed by atoms with Gasteiger partial charge in [-0.25, -0.2) is 0 Å². The molecule has 1 atom stereocenters. The molecule has 0 aromatic carbocycles. The summed E-state index contributed by atoms with van der Waals surface area (Å²) in [6, 6.07) is 0. The molecule has 0 spiro atoms. The largest absolute Gasteiger partial charge is 0.501 e. The van der Waals surface area contributed by atoms with E-state index in [0.717, 1.165) is 29.7 Å². The fourth-order valence-electron chi connectivity index (χ4n) is 2.69. The number of nitrogens with zero attached hydrogens (tertiary/aromatic N) is 1. The van der Waals surface area contributed by atoms with Crippen LogP contribution in [0.3, 0.4) is 0 Å². The maximum Gasteiger partial charge on any atom is 0.258 e. The van der Waals surface area contributed by atoms with Crippen LogP contribution < -0.4 is 5.32 Å². The second-order valence-electron chi connectivity index (χ2n) is 6.34. The van der Waals surface area contributed by atoms with E-state index in [1.165, 1.54) is 12.7 Å². The molecule has 0 unspecified atom stereocenters. The van der Waals surface area contributed by atoms with Gasteiger partial charge in [-0.15, -0.1) is 0 Å². The van der Waals surface area contributed by atoms with Crippen LogP contribution in [0.2, 0.25) is 0 Å². The zero-order valence-electron chi connectivity index (χ0n) is 18.9. The van der Waals surface area contributed by atoms with Gasteiger partial charge < -0.3 is 14.8 Å². The number of aliphatic imine (C=N–C) groups is 1. The van der Waals surface area contributed by atoms with Gasteiger partial charge in [-0.3, -0.25) is 9.79 Å². The molecule has 29 heavy (non-hydrogen) atoms. The summed E-state index contributed by atoms with van der Waals surface area (Å²) < 4.78 is 10.4. The molecule has 1 N–H and O–H groups in total. The van der Waals surface area contributed by atoms with Crippen LogP contribution in [0.15, 0.2) is 76.2 Å². The molecule has 1 aliphatic rings. The number of carbonyl (C=O) groups is 1. The fourth-order valence-corrected chi connectivity index (χ4v) is 2.69. The monoisotopic (exact) mass is 402 g/mol. The molecule has 0 saturated heterocycles. The van der Waals surface area contributed by atoms with E-state index in [9.17, 15) is 4.79 Å². The molecule has 5 heteroatoms. The lowest BCUT2D eigenvalue weighted by Gasteiger charge is -2.16. The predicted molar refractivity (Wildman–Crippen MR) is 125 cm³/mol. The Bertz CT molecular complexity index is 729. The van der Waals surface area contributed by atoms with Crippen LogP contribution in [0.4, 0.5) is 0 Å². The van der Waals surface area contributed by atoms with Crippen molar-refractivity contribution in [2.75, 3.05) is 21.3 Å². The number of nitrogens with one attached hydrogen (secondary N) is 1. The topological polar surface area (TPSA) is 59.9 Å². The molecule has 0 fully saturated rings. The molecule has 5 nitrogen and oxygen atoms in total. The minimum atomic E-state index is -0.614. The molecule has 0 radical (unpaired) electrons. The van der Waals surface area contributed by atoms with Gasteiger partial charge in [0.15, 0.2) is 6.10 Å². The van der Waals surface area contributed by atoms with Crippen molar-refractivity contribution >= 4 is 12.1 Å². The summed E-state index contributed by atoms with van der Waals surface area (Å²) in [5.41, 5.74) is 3.84. The molecular weight excluding hydrogens is 364 g/mol. The second-order valence-corrected chi connectivity index (χ2v) is 6.34. The van der Waals surface area contributed by atoms with E-state index >= 15 is 0 Å². The second kappa shape index (κ2) is 15.3. The van der Waals surface area contributed by atoms with Gasteiger partial charge >= 0.3 is 0 Å². The number of rotatable bonds is 8. The Balaban J connectivity index is 0. The lowest BCUT2D eigenvalue weighted by Crippen LogP contribution is -2.36. The van der Waals surface area contributed by atoms with Crippen molar-refractivity contribution in [1.82, 2.24) is 5.32 Å². The van der Waals surface area contributed by atoms with Crippen LogP contribution in [-0.4, -0.2) is 39.5 Å². The molecule has 0 aromatic heterocycles. The van der Waals surface area contributed by atoms with Gasteiger partial charge in [-0.2, -0.15) is 0 Å². The lowest BCUT2D eigenvalue weighted by molar-refractivity contribution is -0.128. The van der Waals surface area contributed by atoms with Crippen LogP contribution in [0.1, 0.15) is 42.0 Å². The van der Waals surface area contributed by atoms with E-state index in [2.05, 4.69) is 23.8 Å². The zero-order chi connectivity index (χ0) is 22.2. The average molecular weight is 403 g/mol. The molecular formula is C24H38N2O3. The van der Waals surface area contributed by atoms with Crippen molar-refractivity contribution in [2.45, 2.75) is 46.6 Å². The Hall–Kier alpha value is -2.66. The Morgan fingerprint density at radius 2 is 2.07 bits per heavy atom. The Kier molecular flexibility index (Phi) is 13.9. The highest BCUT2D eigenvalue weighted by molar-refractivity contribution is 5.92. The Labute approximate surface area is 177 Å². The van der Waals surface area contributed by atoms with E-state index in [4.69, 9.17) is 9.47 Å². The molecule has 0 aromatic rings. The van der Waals surface area contributed by atoms with Crippen molar-refractivity contribution in [3.63, 3.8) is 0 Å². The molecule has 1 aliphatic carbocycles. The standard InChI is InChI=1S/C15H20N2O2.C9H16O.H2/c1-4-13(11-16-2)17-15(18)14(19-3)12-9-7-5-6-8-10-12;1-6-9(7(2)3)8(4)10-5;/h4-7,9-11,14H,8H2,1-3H3,(H,17,18);2,6H2,1,3-5H3;1H/b13-4+,16-11?;9-8-;/t14-;;/m1../s1. The summed E-state index contributed by atoms with van der Waals surface area (Å²) >= 11 is 0. The molecule has 0 bridgehead atoms. The van der Waals surface area contributed by atoms with Crippen LogP contribution in [0.5, 0.6) is 0 Å². The molecule has 0 heterocycles. The van der Waals surface area contributed by atoms with E-state index in [1.807, 2.05) is 51.2 Å². The normalized spacial score (nSPS) is 15.6. The summed E-state index contributed by atoms with van der Waals surface area (Å²) in [6.07, 6.45) is 14.3. The maximum absolute atomic E-state index is 12.2. The zero-order valence-corrected chi connectivity index (χ0v) is 18.9. The van der Waals surface area contributed by atoms with E-state index in [0.29, 0.717) is 5.70 Å². The molecule has 1 amide bonds. The van der Waals surface area contributed by atoms with Gasteiger partial charge in [0.25, 0.3) is 5.91 Å². The molecule has 0 aliphatic heterocycles. The van der Waals surface area contributed by atoms with Gasteiger partial charge in [-0.05, 0) is 44.8 Å². The van der Waals surface area contributed by atoms with Gasteiger partial charge in [0.1, 0.15) is 0 Å². The third kappa shape index (κ3) is 9.90. The summed E-state index contributed by atoms with van der Waals surface area (Å²) in [4.78, 5) is 16.1. The first-order valence-corrected chi connectivity index (χ1v) is 9.71. The summed E-state index contributed by atoms with van der Waals surface area (Å²) in [6.45, 7) is 11.8. The third-order valence-corrected chi connectivity index (χ3v) is 4.25. The van der Waals surface area contributed by atoms with E-state index in [-0.39, 0.29) is 7.33 Å². The maximum atomic E-state index is 12.2. The smallest absolute Gasteiger partial charge is 0.258 e. The van der Waals surface area contributed by atoms with E-state index < -0.39 is 6.10 Å². The predicted octanol–water partition coefficient (Wildman–Crippen LogP) is 5.30. The molecule has 0 saturated carbocycles. The number of allylic oxidation sites excluding steroid dienone is 9. The summed E-state index contributed by atoms with van der Waals surface area (Å²) in [7, 11) is 4.88. The minimum Gasteiger partial charge on any atom is -0.501 e. The SMILES string of the molecule is C/C=C(\C=NC)NC(=O)[C@H](OC)C1=CCC=CC=C1.C=C(C)/C(CC)=C(/C)OC.[HH]. The number of ether oxygens (including phenoxy) is 2. The summed E-state index contributed by atoms with van der Waals surface area (Å²) in [5, 5.41) is 2.79. The van der Waals surface area contributed by atoms with E-state index in [1.54, 1.807) is 26.4 Å². The molecule has 162 valence electrons. The number of hydrogen-bond acceptors (Lipinski definition) is 4. The van der Waals surface area contributed by atoms with Gasteiger partial charge in [0.2, 0.25) is 0 Å². The van der Waals surface area contributed by atoms with Crippen molar-refractivity contribution in [1.29, 1.82) is 0 Å². The highest BCUT2D eigenvalue weighted by atomic mass is 16.5. The van der Waals surface area contributed by atoms with Crippen LogP contribution in [-0.2, 0) is 14.3 Å². The summed E-state index contributed by atoms with van der Waals surface area (Å²) in [5.74, 6) is 0.781. The minimum absolute atomic E-state index is 0.